The quantitative estimate of drug-likeness (QED) is 0.162. The number of fused-ring (bicyclic) bond motifs is 5. The van der Waals surface area contributed by atoms with Crippen molar-refractivity contribution in [2.24, 2.45) is 34.5 Å². The molecule has 1 unspecified atom stereocenters. The molecule has 0 aromatic rings. The zero-order chi connectivity index (χ0) is 39.2. The number of hydrogen-bond acceptors (Lipinski definition) is 14. The van der Waals surface area contributed by atoms with Gasteiger partial charge < -0.3 is 63.8 Å². The van der Waals surface area contributed by atoms with Gasteiger partial charge >= 0.3 is 5.97 Å². The summed E-state index contributed by atoms with van der Waals surface area (Å²) in [5, 5.41) is 66.9. The number of aliphatic hydroxyl groups excluding tert-OH is 5. The van der Waals surface area contributed by atoms with Crippen LogP contribution in [0, 0.1) is 34.5 Å². The lowest BCUT2D eigenvalue weighted by Gasteiger charge is -2.65. The van der Waals surface area contributed by atoms with Crippen LogP contribution in [-0.2, 0) is 38.0 Å². The average Bonchev–Trinajstić information content (AvgIpc) is 3.67. The monoisotopic (exact) mass is 780 g/mol. The fourth-order valence-electron chi connectivity index (χ4n) is 12.8. The van der Waals surface area contributed by atoms with Gasteiger partial charge in [0.05, 0.1) is 54.4 Å². The Morgan fingerprint density at radius 1 is 0.691 bits per heavy atom. The van der Waals surface area contributed by atoms with Gasteiger partial charge in [-0.3, -0.25) is 0 Å². The molecular formula is C41H64O14. The molecule has 55 heavy (non-hydrogen) atoms. The van der Waals surface area contributed by atoms with E-state index in [1.165, 1.54) is 0 Å². The molecule has 14 heteroatoms. The van der Waals surface area contributed by atoms with Crippen molar-refractivity contribution in [3.63, 3.8) is 0 Å². The largest absolute Gasteiger partial charge is 0.458 e. The topological polar surface area (TPSA) is 203 Å². The Hall–Kier alpha value is -1.27. The van der Waals surface area contributed by atoms with Crippen LogP contribution in [-0.4, -0.2) is 135 Å². The van der Waals surface area contributed by atoms with Crippen LogP contribution in [0.1, 0.15) is 105 Å². The van der Waals surface area contributed by atoms with E-state index in [9.17, 15) is 35.4 Å². The van der Waals surface area contributed by atoms with E-state index in [1.807, 2.05) is 13.8 Å². The first kappa shape index (κ1) is 40.5. The second kappa shape index (κ2) is 15.1. The Morgan fingerprint density at radius 2 is 1.29 bits per heavy atom. The van der Waals surface area contributed by atoms with Crippen molar-refractivity contribution in [2.75, 3.05) is 6.61 Å². The lowest BCUT2D eigenvalue weighted by molar-refractivity contribution is -0.336. The van der Waals surface area contributed by atoms with Crippen LogP contribution in [0.2, 0.25) is 0 Å². The molecule has 0 amide bonds. The van der Waals surface area contributed by atoms with Gasteiger partial charge in [-0.2, -0.15) is 0 Å². The molecule has 7 fully saturated rings. The molecule has 0 aromatic heterocycles. The van der Waals surface area contributed by atoms with Crippen molar-refractivity contribution < 1.29 is 68.6 Å². The second-order valence-corrected chi connectivity index (χ2v) is 18.8. The third kappa shape index (κ3) is 6.95. The Balaban J connectivity index is 0.837. The fraction of sp³-hybridized carbons (Fsp3) is 0.927. The summed E-state index contributed by atoms with van der Waals surface area (Å²) in [6, 6.07) is 0. The summed E-state index contributed by atoms with van der Waals surface area (Å²) in [7, 11) is 0. The highest BCUT2D eigenvalue weighted by atomic mass is 16.7. The molecule has 0 aromatic carbocycles. The summed E-state index contributed by atoms with van der Waals surface area (Å²) in [5.41, 5.74) is -0.892. The Bertz CT molecular complexity index is 1410. The molecule has 4 aliphatic carbocycles. The first-order valence-corrected chi connectivity index (χ1v) is 20.9. The molecule has 8 aliphatic rings. The highest BCUT2D eigenvalue weighted by Gasteiger charge is 2.71. The maximum Gasteiger partial charge on any atom is 0.331 e. The minimum Gasteiger partial charge on any atom is -0.458 e. The smallest absolute Gasteiger partial charge is 0.331 e. The van der Waals surface area contributed by atoms with E-state index in [4.69, 9.17) is 33.2 Å². The van der Waals surface area contributed by atoms with Crippen LogP contribution in [0.15, 0.2) is 11.6 Å². The molecule has 312 valence electrons. The SMILES string of the molecule is C[C@H]1O[C@@H](O[C@H]2[C@@H](O)C[C@H](O[C@H]3[C@@H](O)CC(O[C@H]4CC[C@@]5(C)[C@H](CC[C@@H]6[C@@H]5C[C@@H](O)[C@]5(C)[C@@H](C7=CC(=O)OC7)CC[C@]65O)C4)O[C@@H]3C)O[C@@H]2C)C[C@H](O)[C@@H]1O. The number of ether oxygens (including phenoxy) is 7. The highest BCUT2D eigenvalue weighted by molar-refractivity contribution is 5.85. The third-order valence-electron chi connectivity index (χ3n) is 16.0. The van der Waals surface area contributed by atoms with Crippen molar-refractivity contribution in [3.05, 3.63) is 11.6 Å². The number of esters is 1. The molecule has 21 atom stereocenters. The van der Waals surface area contributed by atoms with E-state index < -0.39 is 90.9 Å². The minimum atomic E-state index is -1.01. The summed E-state index contributed by atoms with van der Waals surface area (Å²) >= 11 is 0. The number of cyclic esters (lactones) is 1. The van der Waals surface area contributed by atoms with Crippen LogP contribution < -0.4 is 0 Å². The number of carbonyl (C=O) groups excluding carboxylic acids is 1. The van der Waals surface area contributed by atoms with Crippen LogP contribution in [0.25, 0.3) is 0 Å². The maximum absolute atomic E-state index is 12.6. The molecule has 14 nitrogen and oxygen atoms in total. The number of aliphatic hydroxyl groups is 6. The van der Waals surface area contributed by atoms with Gasteiger partial charge in [-0.1, -0.05) is 13.8 Å². The van der Waals surface area contributed by atoms with Crippen LogP contribution >= 0.6 is 0 Å². The first-order chi connectivity index (χ1) is 26.0. The molecule has 0 radical (unpaired) electrons. The van der Waals surface area contributed by atoms with Crippen molar-refractivity contribution in [1.29, 1.82) is 0 Å². The number of hydrogen-bond donors (Lipinski definition) is 6. The van der Waals surface area contributed by atoms with Gasteiger partial charge in [0, 0.05) is 30.8 Å². The maximum atomic E-state index is 12.6. The van der Waals surface area contributed by atoms with Gasteiger partial charge in [-0.25, -0.2) is 4.79 Å². The predicted octanol–water partition coefficient (Wildman–Crippen LogP) is 2.22. The van der Waals surface area contributed by atoms with Crippen molar-refractivity contribution >= 4 is 5.97 Å². The first-order valence-electron chi connectivity index (χ1n) is 20.9. The fourth-order valence-corrected chi connectivity index (χ4v) is 12.8. The molecular weight excluding hydrogens is 716 g/mol. The van der Waals surface area contributed by atoms with E-state index in [0.717, 1.165) is 44.1 Å². The number of carbonyl (C=O) groups is 1. The Labute approximate surface area is 323 Å². The average molecular weight is 781 g/mol. The normalized spacial score (nSPS) is 55.5. The van der Waals surface area contributed by atoms with Crippen LogP contribution in [0.3, 0.4) is 0 Å². The standard InChI is InChI=1S/C41H64O14/c1-19-36(47)28(42)15-34(50-19)54-38-21(3)52-35(17-30(38)44)55-37-20(2)51-33(16-29(37)43)53-24-8-10-39(4)23(13-24)6-7-26-27(39)14-31(45)40(5)25(9-11-41(26,40)48)22-12-32(46)49-18-22/h12,19-21,23-31,33-38,42-45,47-48H,6-11,13-18H2,1-5H3/t19-,20-,21-,23-,24+,25-,26-,27+,28+,29+,30+,31-,33?,34+,35+,36-,37-,38-,39+,40+,41+/m1/s1. The molecule has 8 rings (SSSR count). The van der Waals surface area contributed by atoms with Gasteiger partial charge in [0.2, 0.25) is 0 Å². The molecule has 0 bridgehead atoms. The van der Waals surface area contributed by atoms with Gasteiger partial charge in [-0.15, -0.1) is 0 Å². The predicted molar refractivity (Wildman–Crippen MR) is 193 cm³/mol. The molecule has 0 spiro atoms. The van der Waals surface area contributed by atoms with Crippen molar-refractivity contribution in [2.45, 2.75) is 197 Å². The van der Waals surface area contributed by atoms with E-state index in [1.54, 1.807) is 19.9 Å². The zero-order valence-electron chi connectivity index (χ0n) is 32.9. The third-order valence-corrected chi connectivity index (χ3v) is 16.0. The van der Waals surface area contributed by atoms with E-state index in [0.29, 0.717) is 18.8 Å². The molecule has 4 saturated carbocycles. The van der Waals surface area contributed by atoms with Gasteiger partial charge in [0.15, 0.2) is 18.9 Å². The summed E-state index contributed by atoms with van der Waals surface area (Å²) in [6.45, 7) is 9.90. The summed E-state index contributed by atoms with van der Waals surface area (Å²) in [6.07, 6.45) is -1.51. The van der Waals surface area contributed by atoms with Gasteiger partial charge in [0.1, 0.15) is 24.9 Å². The van der Waals surface area contributed by atoms with Crippen LogP contribution in [0.4, 0.5) is 0 Å². The van der Waals surface area contributed by atoms with Gasteiger partial charge in [0.25, 0.3) is 0 Å². The summed E-state index contributed by atoms with van der Waals surface area (Å²) < 4.78 is 42.1. The minimum absolute atomic E-state index is 0.0452. The lowest BCUT2D eigenvalue weighted by Crippen LogP contribution is -2.67. The van der Waals surface area contributed by atoms with E-state index in [-0.39, 0.29) is 61.1 Å². The molecule has 3 saturated heterocycles. The molecule has 4 aliphatic heterocycles. The zero-order valence-corrected chi connectivity index (χ0v) is 32.9. The van der Waals surface area contributed by atoms with E-state index >= 15 is 0 Å². The number of rotatable bonds is 7. The van der Waals surface area contributed by atoms with Crippen molar-refractivity contribution in [1.82, 2.24) is 0 Å². The van der Waals surface area contributed by atoms with E-state index in [2.05, 4.69) is 6.92 Å². The van der Waals surface area contributed by atoms with Crippen LogP contribution in [0.5, 0.6) is 0 Å². The summed E-state index contributed by atoms with van der Waals surface area (Å²) in [5.74, 6) is 0.204. The molecule has 4 heterocycles. The summed E-state index contributed by atoms with van der Waals surface area (Å²) in [4.78, 5) is 11.9. The van der Waals surface area contributed by atoms with Gasteiger partial charge in [-0.05, 0) is 107 Å². The molecule has 6 N–H and O–H groups in total. The van der Waals surface area contributed by atoms with Crippen molar-refractivity contribution in [3.8, 4) is 0 Å². The lowest BCUT2D eigenvalue weighted by atomic mass is 9.42. The Kier molecular flexibility index (Phi) is 11.1. The Morgan fingerprint density at radius 3 is 1.87 bits per heavy atom. The highest BCUT2D eigenvalue weighted by Crippen LogP contribution is 2.70. The second-order valence-electron chi connectivity index (χ2n) is 18.8.